The molecule has 0 saturated carbocycles. The van der Waals surface area contributed by atoms with Crippen LogP contribution in [0.5, 0.6) is 0 Å². The molecule has 0 aromatic carbocycles. The molecule has 0 N–H and O–H groups in total. The van der Waals surface area contributed by atoms with Gasteiger partial charge in [0.25, 0.3) is 0 Å². The van der Waals surface area contributed by atoms with Crippen LogP contribution in [0, 0.1) is 0 Å². The number of rotatable bonds is 2. The van der Waals surface area contributed by atoms with E-state index >= 15 is 0 Å². The minimum Gasteiger partial charge on any atom is -0.337 e. The van der Waals surface area contributed by atoms with Crippen LogP contribution in [0.2, 0.25) is 0 Å². The van der Waals surface area contributed by atoms with E-state index in [0.29, 0.717) is 5.69 Å². The highest BCUT2D eigenvalue weighted by Crippen LogP contribution is 2.02. The van der Waals surface area contributed by atoms with Gasteiger partial charge >= 0.3 is 0 Å². The van der Waals surface area contributed by atoms with Crippen molar-refractivity contribution in [2.75, 3.05) is 0 Å². The third-order valence-electron chi connectivity index (χ3n) is 1.54. The lowest BCUT2D eigenvalue weighted by Gasteiger charge is -1.95. The molecule has 0 radical (unpaired) electrons. The Labute approximate surface area is 59.7 Å². The zero-order chi connectivity index (χ0) is 7.56. The fourth-order valence-corrected chi connectivity index (χ4v) is 1.00. The fraction of sp³-hybridized carbons (Fsp3) is 0.429. The molecular weight excluding hydrogens is 128 g/mol. The Morgan fingerprint density at radius 1 is 1.80 bits per heavy atom. The summed E-state index contributed by atoms with van der Waals surface area (Å²) < 4.78 is 1.86. The van der Waals surface area contributed by atoms with E-state index in [1.165, 1.54) is 0 Å². The first kappa shape index (κ1) is 6.99. The van der Waals surface area contributed by atoms with E-state index in [1.807, 2.05) is 18.5 Å². The van der Waals surface area contributed by atoms with Crippen molar-refractivity contribution in [1.82, 2.24) is 9.55 Å². The second-order valence-corrected chi connectivity index (χ2v) is 2.16. The summed E-state index contributed by atoms with van der Waals surface area (Å²) in [5.74, 6) is 0. The molecule has 0 aliphatic rings. The van der Waals surface area contributed by atoms with Crippen LogP contribution >= 0.6 is 0 Å². The molecule has 0 saturated heterocycles. The van der Waals surface area contributed by atoms with E-state index in [2.05, 4.69) is 4.98 Å². The fourth-order valence-electron chi connectivity index (χ4n) is 1.00. The van der Waals surface area contributed by atoms with Gasteiger partial charge in [-0.1, -0.05) is 6.92 Å². The van der Waals surface area contributed by atoms with Gasteiger partial charge in [0.05, 0.1) is 6.33 Å². The molecule has 0 amide bonds. The number of aryl methyl sites for hydroxylation is 1. The monoisotopic (exact) mass is 138 g/mol. The maximum absolute atomic E-state index is 10.3. The average Bonchev–Trinajstić information content (AvgIpc) is 2.30. The van der Waals surface area contributed by atoms with Crippen molar-refractivity contribution in [1.29, 1.82) is 0 Å². The summed E-state index contributed by atoms with van der Waals surface area (Å²) in [6.07, 6.45) is 3.30. The van der Waals surface area contributed by atoms with Crippen LogP contribution in [0.4, 0.5) is 0 Å². The molecule has 1 aromatic heterocycles. The molecule has 0 spiro atoms. The predicted octanol–water partition coefficient (Wildman–Crippen LogP) is 0.795. The molecule has 10 heavy (non-hydrogen) atoms. The van der Waals surface area contributed by atoms with Crippen molar-refractivity contribution >= 4 is 6.29 Å². The topological polar surface area (TPSA) is 34.9 Å². The Balaban J connectivity index is 3.12. The summed E-state index contributed by atoms with van der Waals surface area (Å²) in [6, 6.07) is 0. The van der Waals surface area contributed by atoms with Gasteiger partial charge in [0.1, 0.15) is 5.69 Å². The molecule has 1 heterocycles. The molecule has 1 rings (SSSR count). The molecule has 0 atom stereocenters. The summed E-state index contributed by atoms with van der Waals surface area (Å²) in [5, 5.41) is 0. The van der Waals surface area contributed by atoms with Gasteiger partial charge in [-0.3, -0.25) is 4.79 Å². The maximum Gasteiger partial charge on any atom is 0.170 e. The van der Waals surface area contributed by atoms with E-state index in [0.717, 1.165) is 18.4 Å². The van der Waals surface area contributed by atoms with Gasteiger partial charge in [-0.2, -0.15) is 0 Å². The van der Waals surface area contributed by atoms with E-state index in [9.17, 15) is 4.79 Å². The Morgan fingerprint density at radius 2 is 2.50 bits per heavy atom. The maximum atomic E-state index is 10.3. The summed E-state index contributed by atoms with van der Waals surface area (Å²) in [7, 11) is 1.89. The molecular formula is C7H10N2O. The third-order valence-corrected chi connectivity index (χ3v) is 1.54. The lowest BCUT2D eigenvalue weighted by atomic mass is 10.3. The molecule has 0 fully saturated rings. The molecule has 0 aliphatic carbocycles. The highest BCUT2D eigenvalue weighted by atomic mass is 16.1. The van der Waals surface area contributed by atoms with Crippen molar-refractivity contribution in [3.8, 4) is 0 Å². The van der Waals surface area contributed by atoms with Gasteiger partial charge in [-0.05, 0) is 6.42 Å². The first-order chi connectivity index (χ1) is 4.79. The Bertz CT molecular complexity index is 240. The lowest BCUT2D eigenvalue weighted by molar-refractivity contribution is 0.111. The van der Waals surface area contributed by atoms with Gasteiger partial charge in [-0.25, -0.2) is 4.98 Å². The van der Waals surface area contributed by atoms with Crippen LogP contribution in [0.15, 0.2) is 6.33 Å². The van der Waals surface area contributed by atoms with Crippen molar-refractivity contribution in [2.45, 2.75) is 13.3 Å². The van der Waals surface area contributed by atoms with Gasteiger partial charge in [0, 0.05) is 12.7 Å². The Hall–Kier alpha value is -1.12. The third kappa shape index (κ3) is 0.943. The number of carbonyl (C=O) groups is 1. The average molecular weight is 138 g/mol. The van der Waals surface area contributed by atoms with Gasteiger partial charge < -0.3 is 4.57 Å². The zero-order valence-corrected chi connectivity index (χ0v) is 6.16. The van der Waals surface area contributed by atoms with E-state index in [-0.39, 0.29) is 0 Å². The van der Waals surface area contributed by atoms with Crippen LogP contribution in [0.1, 0.15) is 23.1 Å². The number of imidazole rings is 1. The molecule has 1 aromatic rings. The number of hydrogen-bond acceptors (Lipinski definition) is 2. The Kier molecular flexibility index (Phi) is 1.85. The molecule has 0 bridgehead atoms. The highest BCUT2D eigenvalue weighted by Gasteiger charge is 2.03. The van der Waals surface area contributed by atoms with Crippen LogP contribution in [0.25, 0.3) is 0 Å². The van der Waals surface area contributed by atoms with E-state index in [1.54, 1.807) is 6.33 Å². The number of aromatic nitrogens is 2. The molecule has 0 aliphatic heterocycles. The summed E-state index contributed by atoms with van der Waals surface area (Å²) in [4.78, 5) is 14.2. The van der Waals surface area contributed by atoms with E-state index in [4.69, 9.17) is 0 Å². The van der Waals surface area contributed by atoms with Crippen LogP contribution in [-0.4, -0.2) is 15.8 Å². The van der Waals surface area contributed by atoms with Crippen LogP contribution < -0.4 is 0 Å². The van der Waals surface area contributed by atoms with Crippen molar-refractivity contribution in [3.05, 3.63) is 17.7 Å². The normalized spacial score (nSPS) is 9.80. The standard InChI is InChI=1S/C7H10N2O/c1-3-7-6(4-10)8-5-9(7)2/h4-5H,3H2,1-2H3. The summed E-state index contributed by atoms with van der Waals surface area (Å²) in [6.45, 7) is 2.00. The SMILES string of the molecule is CCc1c(C=O)ncn1C. The zero-order valence-electron chi connectivity index (χ0n) is 6.16. The largest absolute Gasteiger partial charge is 0.337 e. The minimum absolute atomic E-state index is 0.560. The molecule has 0 unspecified atom stereocenters. The Morgan fingerprint density at radius 3 is 2.90 bits per heavy atom. The first-order valence-electron chi connectivity index (χ1n) is 3.25. The molecule has 3 nitrogen and oxygen atoms in total. The lowest BCUT2D eigenvalue weighted by Crippen LogP contribution is -1.95. The first-order valence-corrected chi connectivity index (χ1v) is 3.25. The quantitative estimate of drug-likeness (QED) is 0.566. The molecule has 3 heteroatoms. The smallest absolute Gasteiger partial charge is 0.170 e. The van der Waals surface area contributed by atoms with Crippen molar-refractivity contribution < 1.29 is 4.79 Å². The van der Waals surface area contributed by atoms with Gasteiger partial charge in [-0.15, -0.1) is 0 Å². The van der Waals surface area contributed by atoms with Crippen molar-refractivity contribution in [3.63, 3.8) is 0 Å². The molecule has 54 valence electrons. The number of hydrogen-bond donors (Lipinski definition) is 0. The van der Waals surface area contributed by atoms with Gasteiger partial charge in [0.2, 0.25) is 0 Å². The number of nitrogens with zero attached hydrogens (tertiary/aromatic N) is 2. The summed E-state index contributed by atoms with van der Waals surface area (Å²) >= 11 is 0. The van der Waals surface area contributed by atoms with Crippen LogP contribution in [-0.2, 0) is 13.5 Å². The predicted molar refractivity (Wildman–Crippen MR) is 38.0 cm³/mol. The second-order valence-electron chi connectivity index (χ2n) is 2.16. The minimum atomic E-state index is 0.560. The van der Waals surface area contributed by atoms with Gasteiger partial charge in [0.15, 0.2) is 6.29 Å². The summed E-state index contributed by atoms with van der Waals surface area (Å²) in [5.41, 5.74) is 1.56. The number of aldehydes is 1. The second kappa shape index (κ2) is 2.64. The highest BCUT2D eigenvalue weighted by molar-refractivity contribution is 5.73. The van der Waals surface area contributed by atoms with Crippen molar-refractivity contribution in [2.24, 2.45) is 7.05 Å². The number of carbonyl (C=O) groups excluding carboxylic acids is 1. The van der Waals surface area contributed by atoms with E-state index < -0.39 is 0 Å². The van der Waals surface area contributed by atoms with Crippen LogP contribution in [0.3, 0.4) is 0 Å².